The normalized spacial score (nSPS) is 12.0. The lowest BCUT2D eigenvalue weighted by molar-refractivity contribution is 0.174. The highest BCUT2D eigenvalue weighted by Crippen LogP contribution is 2.34. The number of hydrogen-bond acceptors (Lipinski definition) is 3. The molecule has 0 saturated carbocycles. The highest BCUT2D eigenvalue weighted by atomic mass is 35.5. The van der Waals surface area contributed by atoms with Crippen LogP contribution in [0, 0.1) is 5.82 Å². The zero-order valence-electron chi connectivity index (χ0n) is 11.8. The standard InChI is InChI=1S/C16H16ClFO3/c1-20-14-7-6-10(8-12(14)18)9-13(19)16-11(17)4-3-5-15(16)21-2/h3-8,13,19H,9H2,1-2H3. The van der Waals surface area contributed by atoms with Gasteiger partial charge in [0.15, 0.2) is 11.6 Å². The number of ether oxygens (including phenoxy) is 2. The van der Waals surface area contributed by atoms with Gasteiger partial charge < -0.3 is 14.6 Å². The first-order valence-electron chi connectivity index (χ1n) is 6.39. The SMILES string of the molecule is COc1ccc(CC(O)c2c(Cl)cccc2OC)cc1F. The van der Waals surface area contributed by atoms with Crippen LogP contribution in [0.2, 0.25) is 5.02 Å². The van der Waals surface area contributed by atoms with Gasteiger partial charge in [-0.05, 0) is 29.8 Å². The minimum absolute atomic E-state index is 0.170. The number of aliphatic hydroxyl groups is 1. The second-order valence-electron chi connectivity index (χ2n) is 4.54. The lowest BCUT2D eigenvalue weighted by Gasteiger charge is -2.16. The molecule has 21 heavy (non-hydrogen) atoms. The van der Waals surface area contributed by atoms with Crippen molar-refractivity contribution in [3.05, 3.63) is 58.4 Å². The predicted octanol–water partition coefficient (Wildman–Crippen LogP) is 3.77. The van der Waals surface area contributed by atoms with Crippen LogP contribution >= 0.6 is 11.6 Å². The molecular weight excluding hydrogens is 295 g/mol. The number of hydrogen-bond donors (Lipinski definition) is 1. The van der Waals surface area contributed by atoms with Crippen molar-refractivity contribution in [1.29, 1.82) is 0 Å². The van der Waals surface area contributed by atoms with Crippen molar-refractivity contribution in [3.8, 4) is 11.5 Å². The molecule has 2 rings (SSSR count). The summed E-state index contributed by atoms with van der Waals surface area (Å²) < 4.78 is 23.7. The maximum atomic E-state index is 13.7. The van der Waals surface area contributed by atoms with Crippen LogP contribution in [0.15, 0.2) is 36.4 Å². The maximum Gasteiger partial charge on any atom is 0.165 e. The number of aliphatic hydroxyl groups excluding tert-OH is 1. The molecule has 2 aromatic rings. The fraction of sp³-hybridized carbons (Fsp3) is 0.250. The smallest absolute Gasteiger partial charge is 0.165 e. The molecule has 1 unspecified atom stereocenters. The second-order valence-corrected chi connectivity index (χ2v) is 4.95. The van der Waals surface area contributed by atoms with Gasteiger partial charge in [-0.15, -0.1) is 0 Å². The molecule has 0 fully saturated rings. The van der Waals surface area contributed by atoms with Crippen molar-refractivity contribution in [3.63, 3.8) is 0 Å². The molecule has 1 N–H and O–H groups in total. The number of rotatable bonds is 5. The van der Waals surface area contributed by atoms with Crippen LogP contribution in [-0.4, -0.2) is 19.3 Å². The minimum atomic E-state index is -0.888. The largest absolute Gasteiger partial charge is 0.496 e. The van der Waals surface area contributed by atoms with E-state index in [-0.39, 0.29) is 12.2 Å². The van der Waals surface area contributed by atoms with E-state index in [2.05, 4.69) is 0 Å². The molecule has 0 bridgehead atoms. The first kappa shape index (κ1) is 15.6. The van der Waals surface area contributed by atoms with E-state index in [0.717, 1.165) is 0 Å². The highest BCUT2D eigenvalue weighted by molar-refractivity contribution is 6.31. The Balaban J connectivity index is 2.26. The average Bonchev–Trinajstić information content (AvgIpc) is 2.46. The van der Waals surface area contributed by atoms with Crippen LogP contribution in [0.25, 0.3) is 0 Å². The monoisotopic (exact) mass is 310 g/mol. The Morgan fingerprint density at radius 1 is 1.14 bits per heavy atom. The van der Waals surface area contributed by atoms with Crippen LogP contribution in [-0.2, 0) is 6.42 Å². The van der Waals surface area contributed by atoms with Gasteiger partial charge in [-0.25, -0.2) is 4.39 Å². The number of methoxy groups -OCH3 is 2. The van der Waals surface area contributed by atoms with Gasteiger partial charge in [0, 0.05) is 12.0 Å². The molecule has 0 aliphatic rings. The fourth-order valence-corrected chi connectivity index (χ4v) is 2.47. The molecule has 1 atom stereocenters. The Kier molecular flexibility index (Phi) is 5.04. The summed E-state index contributed by atoms with van der Waals surface area (Å²) in [5, 5.41) is 10.8. The van der Waals surface area contributed by atoms with Crippen LogP contribution in [0.3, 0.4) is 0 Å². The summed E-state index contributed by atoms with van der Waals surface area (Å²) in [7, 11) is 2.91. The third-order valence-electron chi connectivity index (χ3n) is 3.21. The second kappa shape index (κ2) is 6.78. The lowest BCUT2D eigenvalue weighted by Crippen LogP contribution is -2.05. The van der Waals surface area contributed by atoms with Gasteiger partial charge >= 0.3 is 0 Å². The number of halogens is 2. The molecule has 5 heteroatoms. The van der Waals surface area contributed by atoms with E-state index in [9.17, 15) is 9.50 Å². The molecule has 2 aromatic carbocycles. The Bertz CT molecular complexity index is 631. The summed E-state index contributed by atoms with van der Waals surface area (Å²) >= 11 is 6.11. The molecule has 112 valence electrons. The van der Waals surface area contributed by atoms with Crippen molar-refractivity contribution >= 4 is 11.6 Å². The fourth-order valence-electron chi connectivity index (χ4n) is 2.18. The van der Waals surface area contributed by atoms with E-state index in [1.165, 1.54) is 26.4 Å². The van der Waals surface area contributed by atoms with Crippen molar-refractivity contribution in [2.24, 2.45) is 0 Å². The molecule has 0 aromatic heterocycles. The molecule has 0 amide bonds. The highest BCUT2D eigenvalue weighted by Gasteiger charge is 2.18. The van der Waals surface area contributed by atoms with Crippen molar-refractivity contribution in [2.75, 3.05) is 14.2 Å². The maximum absolute atomic E-state index is 13.7. The van der Waals surface area contributed by atoms with Crippen molar-refractivity contribution in [2.45, 2.75) is 12.5 Å². The van der Waals surface area contributed by atoms with E-state index >= 15 is 0 Å². The predicted molar refractivity (Wildman–Crippen MR) is 79.6 cm³/mol. The average molecular weight is 311 g/mol. The van der Waals surface area contributed by atoms with Crippen LogP contribution < -0.4 is 9.47 Å². The Labute approximate surface area is 127 Å². The molecule has 0 aliphatic heterocycles. The minimum Gasteiger partial charge on any atom is -0.496 e. The van der Waals surface area contributed by atoms with E-state index in [1.54, 1.807) is 24.3 Å². The summed E-state index contributed by atoms with van der Waals surface area (Å²) in [4.78, 5) is 0. The lowest BCUT2D eigenvalue weighted by atomic mass is 10.0. The van der Waals surface area contributed by atoms with E-state index in [1.807, 2.05) is 0 Å². The topological polar surface area (TPSA) is 38.7 Å². The van der Waals surface area contributed by atoms with Gasteiger partial charge in [-0.1, -0.05) is 23.7 Å². The van der Waals surface area contributed by atoms with Gasteiger partial charge in [0.05, 0.1) is 25.3 Å². The Morgan fingerprint density at radius 2 is 1.86 bits per heavy atom. The molecule has 0 saturated heterocycles. The van der Waals surface area contributed by atoms with Gasteiger partial charge in [0.1, 0.15) is 5.75 Å². The zero-order chi connectivity index (χ0) is 15.4. The van der Waals surface area contributed by atoms with Crippen molar-refractivity contribution in [1.82, 2.24) is 0 Å². The Morgan fingerprint density at radius 3 is 2.48 bits per heavy atom. The van der Waals surface area contributed by atoms with Gasteiger partial charge in [0.25, 0.3) is 0 Å². The first-order chi connectivity index (χ1) is 10.1. The third kappa shape index (κ3) is 3.46. The van der Waals surface area contributed by atoms with Crippen LogP contribution in [0.5, 0.6) is 11.5 Å². The first-order valence-corrected chi connectivity index (χ1v) is 6.77. The van der Waals surface area contributed by atoms with Crippen LogP contribution in [0.1, 0.15) is 17.2 Å². The molecule has 0 heterocycles. The summed E-state index contributed by atoms with van der Waals surface area (Å²) in [6, 6.07) is 9.71. The van der Waals surface area contributed by atoms with E-state index in [4.69, 9.17) is 21.1 Å². The molecule has 0 spiro atoms. The molecular formula is C16H16ClFO3. The molecule has 0 radical (unpaired) electrons. The quantitative estimate of drug-likeness (QED) is 0.913. The van der Waals surface area contributed by atoms with E-state index < -0.39 is 11.9 Å². The summed E-state index contributed by atoms with van der Waals surface area (Å²) in [6.45, 7) is 0. The zero-order valence-corrected chi connectivity index (χ0v) is 12.5. The molecule has 0 aliphatic carbocycles. The Hall–Kier alpha value is -1.78. The van der Waals surface area contributed by atoms with Gasteiger partial charge in [-0.2, -0.15) is 0 Å². The van der Waals surface area contributed by atoms with Crippen molar-refractivity contribution < 1.29 is 19.0 Å². The number of benzene rings is 2. The summed E-state index contributed by atoms with van der Waals surface area (Å²) in [6.07, 6.45) is -0.664. The molecule has 3 nitrogen and oxygen atoms in total. The van der Waals surface area contributed by atoms with E-state index in [0.29, 0.717) is 21.9 Å². The summed E-state index contributed by atoms with van der Waals surface area (Å²) in [5.74, 6) is 0.209. The third-order valence-corrected chi connectivity index (χ3v) is 3.54. The van der Waals surface area contributed by atoms with Crippen LogP contribution in [0.4, 0.5) is 4.39 Å². The van der Waals surface area contributed by atoms with Gasteiger partial charge in [-0.3, -0.25) is 0 Å². The summed E-state index contributed by atoms with van der Waals surface area (Å²) in [5.41, 5.74) is 1.14. The van der Waals surface area contributed by atoms with Gasteiger partial charge in [0.2, 0.25) is 0 Å².